The number of rotatable bonds is 6. The highest BCUT2D eigenvalue weighted by Crippen LogP contribution is 2.64. The van der Waals surface area contributed by atoms with Crippen molar-refractivity contribution in [2.45, 2.75) is 24.7 Å². The number of furan rings is 1. The van der Waals surface area contributed by atoms with Crippen molar-refractivity contribution in [1.82, 2.24) is 0 Å². The highest BCUT2D eigenvalue weighted by molar-refractivity contribution is 6.07. The molecule has 0 saturated heterocycles. The minimum atomic E-state index is -0.440. The van der Waals surface area contributed by atoms with Gasteiger partial charge in [0.05, 0.1) is 11.1 Å². The molecule has 2 aliphatic rings. The molecular formula is C56H39NO. The molecule has 0 bridgehead atoms. The number of hydrogen-bond acceptors (Lipinski definition) is 2. The standard InChI is InChI=1S/C56H39NO/c1-55(2)46-22-12-24-48-53(46)54-47(55)23-13-25-49(54)56(48,39-17-4-3-5-18-39)40-19-10-16-38(34-40)36-28-30-41(31-29-36)57(50-26-11-15-37-14-6-7-20-43(37)50)42-32-33-45-44-21-8-9-27-51(44)58-52(45)35-42/h3-35H,1-2H3. The summed E-state index contributed by atoms with van der Waals surface area (Å²) in [6.07, 6.45) is 0. The van der Waals surface area contributed by atoms with Gasteiger partial charge in [0.25, 0.3) is 0 Å². The molecule has 2 aliphatic carbocycles. The molecule has 12 rings (SSSR count). The summed E-state index contributed by atoms with van der Waals surface area (Å²) in [7, 11) is 0. The quantitative estimate of drug-likeness (QED) is 0.169. The van der Waals surface area contributed by atoms with Gasteiger partial charge in [-0.25, -0.2) is 0 Å². The smallest absolute Gasteiger partial charge is 0.137 e. The molecule has 0 atom stereocenters. The van der Waals surface area contributed by atoms with Gasteiger partial charge in [-0.1, -0.05) is 166 Å². The largest absolute Gasteiger partial charge is 0.456 e. The van der Waals surface area contributed by atoms with E-state index < -0.39 is 5.41 Å². The molecule has 2 nitrogen and oxygen atoms in total. The zero-order chi connectivity index (χ0) is 38.6. The first kappa shape index (κ1) is 33.0. The molecule has 0 radical (unpaired) electrons. The maximum atomic E-state index is 6.41. The van der Waals surface area contributed by atoms with Gasteiger partial charge >= 0.3 is 0 Å². The molecule has 0 spiro atoms. The third-order valence-corrected chi connectivity index (χ3v) is 13.1. The van der Waals surface area contributed by atoms with Crippen LogP contribution in [0.15, 0.2) is 205 Å². The van der Waals surface area contributed by atoms with E-state index in [9.17, 15) is 0 Å². The van der Waals surface area contributed by atoms with Crippen molar-refractivity contribution in [2.75, 3.05) is 4.90 Å². The SMILES string of the molecule is CC1(C)c2cccc3c2-c2c1cccc2C3(c1ccccc1)c1cccc(-c2ccc(N(c3ccc4c(c3)oc3ccccc34)c3cccc4ccccc34)cc2)c1. The minimum Gasteiger partial charge on any atom is -0.456 e. The van der Waals surface area contributed by atoms with Gasteiger partial charge in [-0.3, -0.25) is 0 Å². The van der Waals surface area contributed by atoms with E-state index in [2.05, 4.69) is 207 Å². The summed E-state index contributed by atoms with van der Waals surface area (Å²) in [4.78, 5) is 2.36. The lowest BCUT2D eigenvalue weighted by Crippen LogP contribution is -2.30. The van der Waals surface area contributed by atoms with Crippen molar-refractivity contribution in [3.63, 3.8) is 0 Å². The van der Waals surface area contributed by atoms with Crippen molar-refractivity contribution >= 4 is 49.8 Å². The van der Waals surface area contributed by atoms with Gasteiger partial charge < -0.3 is 9.32 Å². The monoisotopic (exact) mass is 741 g/mol. The number of para-hydroxylation sites is 1. The topological polar surface area (TPSA) is 16.4 Å². The van der Waals surface area contributed by atoms with Crippen molar-refractivity contribution in [1.29, 1.82) is 0 Å². The summed E-state index contributed by atoms with van der Waals surface area (Å²) in [5, 5.41) is 4.65. The van der Waals surface area contributed by atoms with Crippen LogP contribution in [0.4, 0.5) is 17.1 Å². The summed E-state index contributed by atoms with van der Waals surface area (Å²) in [6, 6.07) is 73.6. The first-order chi connectivity index (χ1) is 28.5. The Bertz CT molecular complexity index is 3200. The second-order valence-electron chi connectivity index (χ2n) is 16.4. The van der Waals surface area contributed by atoms with Gasteiger partial charge in [0, 0.05) is 39.0 Å². The van der Waals surface area contributed by atoms with E-state index in [1.807, 2.05) is 12.1 Å². The Kier molecular flexibility index (Phi) is 6.93. The van der Waals surface area contributed by atoms with E-state index in [0.717, 1.165) is 39.0 Å². The summed E-state index contributed by atoms with van der Waals surface area (Å²) in [6.45, 7) is 4.76. The molecule has 2 heteroatoms. The zero-order valence-electron chi connectivity index (χ0n) is 32.4. The highest BCUT2D eigenvalue weighted by atomic mass is 16.3. The van der Waals surface area contributed by atoms with E-state index in [0.29, 0.717) is 0 Å². The van der Waals surface area contributed by atoms with E-state index >= 15 is 0 Å². The predicted molar refractivity (Wildman–Crippen MR) is 241 cm³/mol. The lowest BCUT2D eigenvalue weighted by molar-refractivity contribution is 0.652. The molecule has 274 valence electrons. The highest BCUT2D eigenvalue weighted by Gasteiger charge is 2.52. The molecule has 0 fully saturated rings. The Morgan fingerprint density at radius 1 is 0.397 bits per heavy atom. The average Bonchev–Trinajstić information content (AvgIpc) is 3.88. The molecule has 1 heterocycles. The first-order valence-electron chi connectivity index (χ1n) is 20.3. The summed E-state index contributed by atoms with van der Waals surface area (Å²) >= 11 is 0. The lowest BCUT2D eigenvalue weighted by Gasteiger charge is -2.36. The summed E-state index contributed by atoms with van der Waals surface area (Å²) in [5.74, 6) is 0. The molecule has 10 aromatic rings. The minimum absolute atomic E-state index is 0.0408. The fourth-order valence-electron chi connectivity index (χ4n) is 10.5. The number of fused-ring (bicyclic) bond motifs is 4. The van der Waals surface area contributed by atoms with Gasteiger partial charge in [-0.15, -0.1) is 0 Å². The Balaban J connectivity index is 1.01. The van der Waals surface area contributed by atoms with Crippen LogP contribution in [0.1, 0.15) is 47.2 Å². The molecule has 0 unspecified atom stereocenters. The normalized spacial score (nSPS) is 14.3. The van der Waals surface area contributed by atoms with Gasteiger partial charge in [-0.05, 0) is 103 Å². The predicted octanol–water partition coefficient (Wildman–Crippen LogP) is 14.9. The van der Waals surface area contributed by atoms with Gasteiger partial charge in [0.1, 0.15) is 11.2 Å². The first-order valence-corrected chi connectivity index (χ1v) is 20.3. The number of hydrogen-bond donors (Lipinski definition) is 0. The molecule has 1 aromatic heterocycles. The van der Waals surface area contributed by atoms with Crippen molar-refractivity contribution in [3.8, 4) is 22.3 Å². The van der Waals surface area contributed by atoms with Crippen LogP contribution in [0.3, 0.4) is 0 Å². The van der Waals surface area contributed by atoms with Crippen molar-refractivity contribution < 1.29 is 4.42 Å². The fraction of sp³-hybridized carbons (Fsp3) is 0.0714. The molecule has 9 aromatic carbocycles. The Labute approximate surface area is 338 Å². The molecule has 0 amide bonds. The van der Waals surface area contributed by atoms with Crippen molar-refractivity contribution in [3.05, 3.63) is 234 Å². The number of benzene rings is 9. The van der Waals surface area contributed by atoms with Crippen LogP contribution in [-0.2, 0) is 10.8 Å². The maximum Gasteiger partial charge on any atom is 0.137 e. The van der Waals surface area contributed by atoms with Crippen LogP contribution in [0.2, 0.25) is 0 Å². The maximum absolute atomic E-state index is 6.41. The van der Waals surface area contributed by atoms with E-state index in [1.165, 1.54) is 66.4 Å². The Morgan fingerprint density at radius 3 is 1.76 bits per heavy atom. The second-order valence-corrected chi connectivity index (χ2v) is 16.4. The zero-order valence-corrected chi connectivity index (χ0v) is 32.4. The second kappa shape index (κ2) is 12.2. The summed E-state index contributed by atoms with van der Waals surface area (Å²) < 4.78 is 6.41. The van der Waals surface area contributed by atoms with Crippen LogP contribution < -0.4 is 4.90 Å². The van der Waals surface area contributed by atoms with Crippen LogP contribution >= 0.6 is 0 Å². The molecule has 0 saturated carbocycles. The van der Waals surface area contributed by atoms with Crippen LogP contribution in [0, 0.1) is 0 Å². The van der Waals surface area contributed by atoms with E-state index in [-0.39, 0.29) is 5.41 Å². The van der Waals surface area contributed by atoms with Crippen LogP contribution in [0.25, 0.3) is 55.0 Å². The van der Waals surface area contributed by atoms with E-state index in [1.54, 1.807) is 0 Å². The number of anilines is 3. The van der Waals surface area contributed by atoms with E-state index in [4.69, 9.17) is 4.42 Å². The van der Waals surface area contributed by atoms with Gasteiger partial charge in [0.15, 0.2) is 0 Å². The summed E-state index contributed by atoms with van der Waals surface area (Å²) in [5.41, 5.74) is 17.9. The third-order valence-electron chi connectivity index (χ3n) is 13.1. The average molecular weight is 742 g/mol. The molecule has 0 aliphatic heterocycles. The van der Waals surface area contributed by atoms with Gasteiger partial charge in [-0.2, -0.15) is 0 Å². The van der Waals surface area contributed by atoms with Crippen molar-refractivity contribution in [2.24, 2.45) is 0 Å². The molecule has 58 heavy (non-hydrogen) atoms. The molecular weight excluding hydrogens is 703 g/mol. The fourth-order valence-corrected chi connectivity index (χ4v) is 10.5. The lowest BCUT2D eigenvalue weighted by atomic mass is 9.65. The Hall–Kier alpha value is -7.16. The Morgan fingerprint density at radius 2 is 0.983 bits per heavy atom. The van der Waals surface area contributed by atoms with Gasteiger partial charge in [0.2, 0.25) is 0 Å². The number of nitrogens with zero attached hydrogens (tertiary/aromatic N) is 1. The molecule has 0 N–H and O–H groups in total. The van der Waals surface area contributed by atoms with Crippen LogP contribution in [0.5, 0.6) is 0 Å². The van der Waals surface area contributed by atoms with Crippen LogP contribution in [-0.4, -0.2) is 0 Å². The third kappa shape index (κ3) is 4.49.